The van der Waals surface area contributed by atoms with Crippen molar-refractivity contribution in [1.82, 2.24) is 19.7 Å². The minimum atomic E-state index is -0.795. The molecular formula is C21H17N5O2. The van der Waals surface area contributed by atoms with E-state index >= 15 is 0 Å². The molecule has 0 spiro atoms. The van der Waals surface area contributed by atoms with Gasteiger partial charge in [-0.1, -0.05) is 6.07 Å². The smallest absolute Gasteiger partial charge is 0.267 e. The van der Waals surface area contributed by atoms with Gasteiger partial charge >= 0.3 is 0 Å². The van der Waals surface area contributed by atoms with Crippen LogP contribution in [0.3, 0.4) is 0 Å². The quantitative estimate of drug-likeness (QED) is 0.595. The van der Waals surface area contributed by atoms with Crippen molar-refractivity contribution in [2.75, 3.05) is 5.32 Å². The van der Waals surface area contributed by atoms with Crippen molar-refractivity contribution in [3.8, 4) is 11.3 Å². The monoisotopic (exact) mass is 371 g/mol. The Morgan fingerprint density at radius 1 is 1.04 bits per heavy atom. The summed E-state index contributed by atoms with van der Waals surface area (Å²) in [6, 6.07) is 15.1. The highest BCUT2D eigenvalue weighted by Gasteiger charge is 2.19. The maximum absolute atomic E-state index is 12.8. The number of anilines is 1. The predicted molar refractivity (Wildman–Crippen MR) is 107 cm³/mol. The van der Waals surface area contributed by atoms with Gasteiger partial charge in [0.15, 0.2) is 0 Å². The molecule has 0 saturated heterocycles. The van der Waals surface area contributed by atoms with Gasteiger partial charge in [0, 0.05) is 35.6 Å². The number of aromatic nitrogens is 4. The summed E-state index contributed by atoms with van der Waals surface area (Å²) in [6.45, 7) is 1.64. The maximum Gasteiger partial charge on any atom is 0.267 e. The molecule has 0 radical (unpaired) electrons. The Morgan fingerprint density at radius 3 is 2.71 bits per heavy atom. The van der Waals surface area contributed by atoms with Gasteiger partial charge in [0.25, 0.3) is 5.56 Å². The predicted octanol–water partition coefficient (Wildman–Crippen LogP) is 3.05. The number of fused-ring (bicyclic) bond motifs is 1. The van der Waals surface area contributed by atoms with Gasteiger partial charge in [0.2, 0.25) is 5.91 Å². The van der Waals surface area contributed by atoms with Crippen LogP contribution in [0.2, 0.25) is 0 Å². The number of carbonyl (C=O) groups excluding carboxylic acids is 1. The van der Waals surface area contributed by atoms with Crippen molar-refractivity contribution in [3.63, 3.8) is 0 Å². The summed E-state index contributed by atoms with van der Waals surface area (Å²) >= 11 is 0. The van der Waals surface area contributed by atoms with Crippen LogP contribution in [0, 0.1) is 0 Å². The SMILES string of the molecule is CC(C(=O)Nc1cccc2ncccc12)n1nc(-c2cccnc2)ccc1=O. The van der Waals surface area contributed by atoms with E-state index in [4.69, 9.17) is 0 Å². The number of nitrogens with one attached hydrogen (secondary N) is 1. The molecule has 3 heterocycles. The Balaban J connectivity index is 1.65. The third kappa shape index (κ3) is 3.37. The minimum absolute atomic E-state index is 0.339. The Bertz CT molecular complexity index is 1200. The van der Waals surface area contributed by atoms with Gasteiger partial charge in [-0.2, -0.15) is 5.10 Å². The van der Waals surface area contributed by atoms with Crippen LogP contribution in [0.5, 0.6) is 0 Å². The molecule has 1 unspecified atom stereocenters. The van der Waals surface area contributed by atoms with Crippen LogP contribution >= 0.6 is 0 Å². The van der Waals surface area contributed by atoms with Crippen LogP contribution in [0.1, 0.15) is 13.0 Å². The number of amides is 1. The van der Waals surface area contributed by atoms with Gasteiger partial charge in [-0.15, -0.1) is 0 Å². The third-order valence-electron chi connectivity index (χ3n) is 4.43. The number of pyridine rings is 2. The average Bonchev–Trinajstić information content (AvgIpc) is 2.74. The fraction of sp³-hybridized carbons (Fsp3) is 0.0952. The molecule has 4 rings (SSSR count). The van der Waals surface area contributed by atoms with Crippen LogP contribution < -0.4 is 10.9 Å². The Labute approximate surface area is 160 Å². The number of nitrogens with zero attached hydrogens (tertiary/aromatic N) is 4. The molecule has 4 aromatic rings. The number of carbonyl (C=O) groups is 1. The molecule has 138 valence electrons. The summed E-state index contributed by atoms with van der Waals surface area (Å²) < 4.78 is 1.18. The van der Waals surface area contributed by atoms with E-state index in [2.05, 4.69) is 20.4 Å². The van der Waals surface area contributed by atoms with E-state index < -0.39 is 6.04 Å². The second-order valence-corrected chi connectivity index (χ2v) is 6.28. The summed E-state index contributed by atoms with van der Waals surface area (Å²) in [4.78, 5) is 33.5. The van der Waals surface area contributed by atoms with Crippen LogP contribution in [0.15, 0.2) is 78.0 Å². The Hall–Kier alpha value is -3.87. The molecule has 1 amide bonds. The molecule has 1 aromatic carbocycles. The summed E-state index contributed by atoms with van der Waals surface area (Å²) in [5.74, 6) is -0.339. The number of hydrogen-bond acceptors (Lipinski definition) is 5. The summed E-state index contributed by atoms with van der Waals surface area (Å²) in [5.41, 5.74) is 2.40. The zero-order valence-corrected chi connectivity index (χ0v) is 15.1. The first-order valence-electron chi connectivity index (χ1n) is 8.78. The first kappa shape index (κ1) is 17.5. The minimum Gasteiger partial charge on any atom is -0.324 e. The van der Waals surface area contributed by atoms with Crippen molar-refractivity contribution in [2.24, 2.45) is 0 Å². The van der Waals surface area contributed by atoms with Crippen molar-refractivity contribution in [2.45, 2.75) is 13.0 Å². The van der Waals surface area contributed by atoms with Crippen molar-refractivity contribution >= 4 is 22.5 Å². The molecule has 0 saturated carbocycles. The Kier molecular flexibility index (Phi) is 4.63. The molecule has 1 atom stereocenters. The van der Waals surface area contributed by atoms with Crippen LogP contribution in [0.25, 0.3) is 22.2 Å². The highest BCUT2D eigenvalue weighted by Crippen LogP contribution is 2.22. The molecule has 0 aliphatic rings. The van der Waals surface area contributed by atoms with E-state index in [0.29, 0.717) is 11.4 Å². The molecular weight excluding hydrogens is 354 g/mol. The van der Waals surface area contributed by atoms with Gasteiger partial charge in [0.05, 0.1) is 16.9 Å². The fourth-order valence-corrected chi connectivity index (χ4v) is 2.93. The molecule has 1 N–H and O–H groups in total. The van der Waals surface area contributed by atoms with Crippen LogP contribution in [0.4, 0.5) is 5.69 Å². The molecule has 0 aliphatic carbocycles. The lowest BCUT2D eigenvalue weighted by Crippen LogP contribution is -2.33. The van der Waals surface area contributed by atoms with E-state index in [1.807, 2.05) is 30.3 Å². The largest absolute Gasteiger partial charge is 0.324 e. The lowest BCUT2D eigenvalue weighted by molar-refractivity contribution is -0.119. The second-order valence-electron chi connectivity index (χ2n) is 6.28. The zero-order chi connectivity index (χ0) is 19.5. The van der Waals surface area contributed by atoms with E-state index in [0.717, 1.165) is 16.5 Å². The van der Waals surface area contributed by atoms with E-state index in [9.17, 15) is 9.59 Å². The van der Waals surface area contributed by atoms with Crippen molar-refractivity contribution < 1.29 is 4.79 Å². The van der Waals surface area contributed by atoms with Gasteiger partial charge in [-0.3, -0.25) is 19.6 Å². The molecule has 0 fully saturated rings. The summed E-state index contributed by atoms with van der Waals surface area (Å²) in [6.07, 6.45) is 5.02. The number of hydrogen-bond donors (Lipinski definition) is 1. The standard InChI is InChI=1S/C21H17N5O2/c1-14(21(28)24-19-8-2-7-18-16(19)6-4-12-23-18)26-20(27)10-9-17(25-26)15-5-3-11-22-13-15/h2-14H,1H3,(H,24,28). The number of benzene rings is 1. The van der Waals surface area contributed by atoms with Crippen molar-refractivity contribution in [1.29, 1.82) is 0 Å². The van der Waals surface area contributed by atoms with Crippen LogP contribution in [-0.4, -0.2) is 25.7 Å². The molecule has 28 heavy (non-hydrogen) atoms. The van der Waals surface area contributed by atoms with Crippen molar-refractivity contribution in [3.05, 3.63) is 83.5 Å². The fourth-order valence-electron chi connectivity index (χ4n) is 2.93. The van der Waals surface area contributed by atoms with Crippen LogP contribution in [-0.2, 0) is 4.79 Å². The third-order valence-corrected chi connectivity index (χ3v) is 4.43. The molecule has 0 bridgehead atoms. The molecule has 3 aromatic heterocycles. The normalized spacial score (nSPS) is 11.9. The zero-order valence-electron chi connectivity index (χ0n) is 15.1. The average molecular weight is 371 g/mol. The molecule has 7 nitrogen and oxygen atoms in total. The highest BCUT2D eigenvalue weighted by molar-refractivity contribution is 6.02. The van der Waals surface area contributed by atoms with Gasteiger partial charge < -0.3 is 5.32 Å². The summed E-state index contributed by atoms with van der Waals surface area (Å²) in [5, 5.41) is 8.07. The van der Waals surface area contributed by atoms with E-state index in [1.165, 1.54) is 10.7 Å². The van der Waals surface area contributed by atoms with E-state index in [1.54, 1.807) is 43.7 Å². The van der Waals surface area contributed by atoms with Gasteiger partial charge in [-0.05, 0) is 49.4 Å². The Morgan fingerprint density at radius 2 is 1.89 bits per heavy atom. The first-order valence-corrected chi connectivity index (χ1v) is 8.78. The molecule has 7 heteroatoms. The lowest BCUT2D eigenvalue weighted by Gasteiger charge is -2.16. The molecule has 0 aliphatic heterocycles. The first-order chi connectivity index (χ1) is 13.6. The van der Waals surface area contributed by atoms with E-state index in [-0.39, 0.29) is 11.5 Å². The van der Waals surface area contributed by atoms with Gasteiger partial charge in [-0.25, -0.2) is 4.68 Å². The maximum atomic E-state index is 12.8. The van der Waals surface area contributed by atoms with Gasteiger partial charge in [0.1, 0.15) is 6.04 Å². The lowest BCUT2D eigenvalue weighted by atomic mass is 10.1. The second kappa shape index (κ2) is 7.40. The topological polar surface area (TPSA) is 89.8 Å². The highest BCUT2D eigenvalue weighted by atomic mass is 16.2. The number of rotatable bonds is 4. The summed E-state index contributed by atoms with van der Waals surface area (Å²) in [7, 11) is 0.